The van der Waals surface area contributed by atoms with Crippen LogP contribution in [0.15, 0.2) is 78.4 Å². The summed E-state index contributed by atoms with van der Waals surface area (Å²) < 4.78 is 10.8. The molecule has 1 atom stereocenters. The van der Waals surface area contributed by atoms with Crippen molar-refractivity contribution in [3.05, 3.63) is 95.1 Å². The Morgan fingerprint density at radius 3 is 2.11 bits per heavy atom. The number of phenolic OH excluding ortho intramolecular Hbond substituents is 1. The lowest BCUT2D eigenvalue weighted by Gasteiger charge is -2.25. The van der Waals surface area contributed by atoms with Gasteiger partial charge in [0, 0.05) is 11.3 Å². The van der Waals surface area contributed by atoms with E-state index in [0.29, 0.717) is 41.2 Å². The van der Waals surface area contributed by atoms with E-state index in [9.17, 15) is 24.6 Å². The highest BCUT2D eigenvalue weighted by Crippen LogP contribution is 2.42. The number of ether oxygens (including phenoxy) is 2. The molecule has 0 bridgehead atoms. The molecular formula is C30H29NO7. The zero-order valence-electron chi connectivity index (χ0n) is 21.4. The van der Waals surface area contributed by atoms with E-state index in [1.54, 1.807) is 48.5 Å². The number of Topliss-reactive ketones (excluding diaryl/α,β-unsaturated/α-hetero) is 1. The molecule has 4 rings (SSSR count). The maximum Gasteiger partial charge on any atom is 0.338 e. The van der Waals surface area contributed by atoms with Gasteiger partial charge in [-0.3, -0.25) is 14.5 Å². The average molecular weight is 516 g/mol. The van der Waals surface area contributed by atoms with Crippen LogP contribution in [0.5, 0.6) is 11.5 Å². The highest BCUT2D eigenvalue weighted by atomic mass is 16.5. The van der Waals surface area contributed by atoms with Gasteiger partial charge in [0.05, 0.1) is 29.9 Å². The quantitative estimate of drug-likeness (QED) is 0.179. The monoisotopic (exact) mass is 515 g/mol. The summed E-state index contributed by atoms with van der Waals surface area (Å²) in [7, 11) is 0. The molecular weight excluding hydrogens is 486 g/mol. The van der Waals surface area contributed by atoms with Gasteiger partial charge in [-0.05, 0) is 86.5 Å². The van der Waals surface area contributed by atoms with E-state index in [0.717, 1.165) is 0 Å². The molecule has 1 amide bonds. The Labute approximate surface area is 220 Å². The molecule has 0 spiro atoms. The van der Waals surface area contributed by atoms with Gasteiger partial charge in [-0.1, -0.05) is 19.1 Å². The number of rotatable bonds is 8. The van der Waals surface area contributed by atoms with Crippen molar-refractivity contribution in [1.29, 1.82) is 0 Å². The Bertz CT molecular complexity index is 1360. The summed E-state index contributed by atoms with van der Waals surface area (Å²) in [6, 6.07) is 17.8. The first-order chi connectivity index (χ1) is 18.2. The van der Waals surface area contributed by atoms with Gasteiger partial charge in [0.15, 0.2) is 0 Å². The first-order valence-electron chi connectivity index (χ1n) is 12.4. The molecule has 2 N–H and O–H groups in total. The Morgan fingerprint density at radius 1 is 0.921 bits per heavy atom. The molecule has 1 aliphatic rings. The van der Waals surface area contributed by atoms with Crippen LogP contribution in [0.4, 0.5) is 5.69 Å². The number of ketones is 1. The molecule has 1 fully saturated rings. The van der Waals surface area contributed by atoms with Gasteiger partial charge in [-0.15, -0.1) is 0 Å². The van der Waals surface area contributed by atoms with Crippen molar-refractivity contribution in [2.24, 2.45) is 0 Å². The average Bonchev–Trinajstić information content (AvgIpc) is 3.17. The molecule has 3 aromatic carbocycles. The van der Waals surface area contributed by atoms with Gasteiger partial charge in [0.25, 0.3) is 11.7 Å². The number of nitrogens with zero attached hydrogens (tertiary/aromatic N) is 1. The van der Waals surface area contributed by atoms with Crippen molar-refractivity contribution in [3.63, 3.8) is 0 Å². The van der Waals surface area contributed by atoms with Crippen LogP contribution in [-0.2, 0) is 14.3 Å². The molecule has 0 aromatic heterocycles. The van der Waals surface area contributed by atoms with Crippen molar-refractivity contribution >= 4 is 29.1 Å². The SMILES string of the molecule is CCCOC(=O)c1ccc(N2C(=O)C(=O)/C(=C(/O)c3ccc(OC(C)C)cc3)C2c2ccc(O)cc2)cc1. The smallest absolute Gasteiger partial charge is 0.338 e. The van der Waals surface area contributed by atoms with E-state index in [1.807, 2.05) is 20.8 Å². The zero-order chi connectivity index (χ0) is 27.4. The predicted octanol–water partition coefficient (Wildman–Crippen LogP) is 5.37. The van der Waals surface area contributed by atoms with E-state index < -0.39 is 23.7 Å². The summed E-state index contributed by atoms with van der Waals surface area (Å²) >= 11 is 0. The van der Waals surface area contributed by atoms with Crippen LogP contribution < -0.4 is 9.64 Å². The maximum absolute atomic E-state index is 13.3. The Kier molecular flexibility index (Phi) is 7.81. The fourth-order valence-corrected chi connectivity index (χ4v) is 4.23. The van der Waals surface area contributed by atoms with Crippen molar-refractivity contribution < 1.29 is 34.1 Å². The summed E-state index contributed by atoms with van der Waals surface area (Å²) in [6.07, 6.45) is 0.656. The Morgan fingerprint density at radius 2 is 1.53 bits per heavy atom. The maximum atomic E-state index is 13.3. The third kappa shape index (κ3) is 5.39. The minimum Gasteiger partial charge on any atom is -0.508 e. The number of esters is 1. The number of benzene rings is 3. The zero-order valence-corrected chi connectivity index (χ0v) is 21.4. The van der Waals surface area contributed by atoms with Crippen molar-refractivity contribution in [3.8, 4) is 11.5 Å². The number of anilines is 1. The number of carbonyl (C=O) groups excluding carboxylic acids is 3. The van der Waals surface area contributed by atoms with Crippen LogP contribution >= 0.6 is 0 Å². The number of aliphatic hydroxyl groups excluding tert-OH is 1. The van der Waals surface area contributed by atoms with Crippen LogP contribution in [0.1, 0.15) is 54.7 Å². The summed E-state index contributed by atoms with van der Waals surface area (Å²) in [5.41, 5.74) is 1.43. The number of carbonyl (C=O) groups is 3. The largest absolute Gasteiger partial charge is 0.508 e. The van der Waals surface area contributed by atoms with Crippen molar-refractivity contribution in [1.82, 2.24) is 0 Å². The van der Waals surface area contributed by atoms with Crippen LogP contribution in [0.25, 0.3) is 5.76 Å². The number of hydrogen-bond donors (Lipinski definition) is 2. The fraction of sp³-hybridized carbons (Fsp3) is 0.233. The van der Waals surface area contributed by atoms with E-state index in [1.165, 1.54) is 29.2 Å². The molecule has 0 radical (unpaired) electrons. The minimum atomic E-state index is -0.972. The molecule has 1 aliphatic heterocycles. The van der Waals surface area contributed by atoms with Crippen LogP contribution in [0.3, 0.4) is 0 Å². The molecule has 1 heterocycles. The van der Waals surface area contributed by atoms with Crippen molar-refractivity contribution in [2.75, 3.05) is 11.5 Å². The van der Waals surface area contributed by atoms with Gasteiger partial charge in [0.2, 0.25) is 0 Å². The van der Waals surface area contributed by atoms with Gasteiger partial charge in [-0.25, -0.2) is 4.79 Å². The third-order valence-electron chi connectivity index (χ3n) is 5.97. The molecule has 1 saturated heterocycles. The van der Waals surface area contributed by atoms with Gasteiger partial charge < -0.3 is 19.7 Å². The first kappa shape index (κ1) is 26.5. The van der Waals surface area contributed by atoms with E-state index in [2.05, 4.69) is 0 Å². The lowest BCUT2D eigenvalue weighted by molar-refractivity contribution is -0.132. The highest BCUT2D eigenvalue weighted by molar-refractivity contribution is 6.51. The molecule has 38 heavy (non-hydrogen) atoms. The highest BCUT2D eigenvalue weighted by Gasteiger charge is 2.47. The summed E-state index contributed by atoms with van der Waals surface area (Å²) in [5, 5.41) is 21.1. The van der Waals surface area contributed by atoms with Gasteiger partial charge in [0.1, 0.15) is 17.3 Å². The third-order valence-corrected chi connectivity index (χ3v) is 5.97. The number of phenols is 1. The van der Waals surface area contributed by atoms with E-state index in [4.69, 9.17) is 9.47 Å². The van der Waals surface area contributed by atoms with Crippen LogP contribution in [0, 0.1) is 0 Å². The summed E-state index contributed by atoms with van der Waals surface area (Å²) in [4.78, 5) is 40.1. The van der Waals surface area contributed by atoms with E-state index in [-0.39, 0.29) is 23.2 Å². The second-order valence-corrected chi connectivity index (χ2v) is 9.13. The van der Waals surface area contributed by atoms with E-state index >= 15 is 0 Å². The Hall–Kier alpha value is -4.59. The summed E-state index contributed by atoms with van der Waals surface area (Å²) in [6.45, 7) is 5.98. The normalized spacial score (nSPS) is 16.6. The van der Waals surface area contributed by atoms with Crippen molar-refractivity contribution in [2.45, 2.75) is 39.3 Å². The molecule has 3 aromatic rings. The second kappa shape index (κ2) is 11.2. The Balaban J connectivity index is 1.78. The number of aliphatic hydroxyl groups is 1. The topological polar surface area (TPSA) is 113 Å². The summed E-state index contributed by atoms with van der Waals surface area (Å²) in [5.74, 6) is -1.88. The molecule has 0 aliphatic carbocycles. The standard InChI is InChI=1S/C30H29NO7/c1-4-17-37-30(36)21-5-11-22(12-6-21)31-26(19-7-13-23(32)14-8-19)25(28(34)29(31)35)27(33)20-9-15-24(16-10-20)38-18(2)3/h5-16,18,26,32-33H,4,17H2,1-3H3/b27-25+. The predicted molar refractivity (Wildman–Crippen MR) is 142 cm³/mol. The second-order valence-electron chi connectivity index (χ2n) is 9.13. The molecule has 8 nitrogen and oxygen atoms in total. The lowest BCUT2D eigenvalue weighted by Crippen LogP contribution is -2.29. The fourth-order valence-electron chi connectivity index (χ4n) is 4.23. The number of hydrogen-bond acceptors (Lipinski definition) is 7. The van der Waals surface area contributed by atoms with Gasteiger partial charge in [-0.2, -0.15) is 0 Å². The molecule has 196 valence electrons. The molecule has 1 unspecified atom stereocenters. The number of amides is 1. The lowest BCUT2D eigenvalue weighted by atomic mass is 9.95. The molecule has 0 saturated carbocycles. The minimum absolute atomic E-state index is 0.0152. The van der Waals surface area contributed by atoms with Crippen LogP contribution in [0.2, 0.25) is 0 Å². The first-order valence-corrected chi connectivity index (χ1v) is 12.4. The van der Waals surface area contributed by atoms with Crippen LogP contribution in [-0.4, -0.2) is 40.6 Å². The molecule has 8 heteroatoms. The number of aromatic hydroxyl groups is 1. The van der Waals surface area contributed by atoms with Gasteiger partial charge >= 0.3 is 5.97 Å².